The summed E-state index contributed by atoms with van der Waals surface area (Å²) in [7, 11) is -1.89. The van der Waals surface area contributed by atoms with Crippen molar-refractivity contribution < 1.29 is 17.9 Å². The van der Waals surface area contributed by atoms with Crippen LogP contribution in [0.25, 0.3) is 0 Å². The Morgan fingerprint density at radius 3 is 2.38 bits per heavy atom. The third kappa shape index (κ3) is 4.38. The van der Waals surface area contributed by atoms with Crippen molar-refractivity contribution in [2.75, 3.05) is 19.5 Å². The summed E-state index contributed by atoms with van der Waals surface area (Å²) in [6.07, 6.45) is 0.530. The van der Waals surface area contributed by atoms with Gasteiger partial charge in [0.2, 0.25) is 0 Å². The number of ether oxygens (including phenoxy) is 1. The normalized spacial score (nSPS) is 14.1. The summed E-state index contributed by atoms with van der Waals surface area (Å²) in [6, 6.07) is 0. The van der Waals surface area contributed by atoms with Gasteiger partial charge in [-0.05, 0) is 13.3 Å². The maximum atomic E-state index is 11.4. The molecule has 1 unspecified atom stereocenters. The first-order valence-electron chi connectivity index (χ1n) is 4.16. The zero-order valence-electron chi connectivity index (χ0n) is 8.24. The van der Waals surface area contributed by atoms with Crippen LogP contribution in [0, 0.1) is 0 Å². The third-order valence-corrected chi connectivity index (χ3v) is 4.14. The average molecular weight is 208 g/mol. The lowest BCUT2D eigenvalue weighted by Crippen LogP contribution is -2.27. The Balaban J connectivity index is 4.26. The molecule has 0 rings (SSSR count). The predicted molar refractivity (Wildman–Crippen MR) is 50.4 cm³/mol. The smallest absolute Gasteiger partial charge is 0.173 e. The van der Waals surface area contributed by atoms with Crippen LogP contribution in [0.4, 0.5) is 0 Å². The topological polar surface area (TPSA) is 60.4 Å². The minimum absolute atomic E-state index is 0.129. The summed E-state index contributed by atoms with van der Waals surface area (Å²) < 4.78 is 27.3. The van der Waals surface area contributed by atoms with Crippen LogP contribution in [0.1, 0.15) is 20.3 Å². The first-order valence-corrected chi connectivity index (χ1v) is 5.87. The van der Waals surface area contributed by atoms with Gasteiger partial charge in [0.25, 0.3) is 0 Å². The van der Waals surface area contributed by atoms with Crippen LogP contribution in [-0.4, -0.2) is 38.9 Å². The quantitative estimate of drug-likeness (QED) is 0.634. The molecule has 13 heavy (non-hydrogen) atoms. The van der Waals surface area contributed by atoms with Gasteiger partial charge in [0.1, 0.15) is 12.4 Å². The molecule has 0 saturated carbocycles. The van der Waals surface area contributed by atoms with Crippen molar-refractivity contribution in [1.82, 2.24) is 0 Å². The lowest BCUT2D eigenvalue weighted by molar-refractivity contribution is -0.120. The first kappa shape index (κ1) is 12.6. The van der Waals surface area contributed by atoms with Crippen molar-refractivity contribution in [2.45, 2.75) is 25.5 Å². The molecule has 0 spiro atoms. The molecule has 78 valence electrons. The summed E-state index contributed by atoms with van der Waals surface area (Å²) in [5, 5.41) is -0.451. The molecule has 0 amide bonds. The Kier molecular flexibility index (Phi) is 5.17. The highest BCUT2D eigenvalue weighted by Crippen LogP contribution is 2.05. The van der Waals surface area contributed by atoms with E-state index in [4.69, 9.17) is 0 Å². The van der Waals surface area contributed by atoms with E-state index in [1.165, 1.54) is 7.11 Å². The monoisotopic (exact) mass is 208 g/mol. The van der Waals surface area contributed by atoms with Crippen molar-refractivity contribution in [3.8, 4) is 0 Å². The number of hydrogen-bond donors (Lipinski definition) is 0. The number of methoxy groups -OCH3 is 1. The molecule has 0 heterocycles. The molecule has 0 bridgehead atoms. The van der Waals surface area contributed by atoms with Crippen LogP contribution in [0.3, 0.4) is 0 Å². The summed E-state index contributed by atoms with van der Waals surface area (Å²) in [4.78, 5) is 11.0. The van der Waals surface area contributed by atoms with Crippen LogP contribution in [0.5, 0.6) is 0 Å². The van der Waals surface area contributed by atoms with E-state index in [0.717, 1.165) is 0 Å². The fourth-order valence-electron chi connectivity index (χ4n) is 0.823. The number of sulfone groups is 1. The lowest BCUT2D eigenvalue weighted by atomic mass is 10.4. The summed E-state index contributed by atoms with van der Waals surface area (Å²) in [6.45, 7) is 3.26. The van der Waals surface area contributed by atoms with Gasteiger partial charge in [-0.1, -0.05) is 6.92 Å². The van der Waals surface area contributed by atoms with Crippen LogP contribution in [-0.2, 0) is 19.4 Å². The number of carbonyl (C=O) groups is 1. The molecule has 0 aromatic rings. The van der Waals surface area contributed by atoms with Crippen molar-refractivity contribution in [2.24, 2.45) is 0 Å². The second kappa shape index (κ2) is 5.34. The van der Waals surface area contributed by atoms with E-state index in [0.29, 0.717) is 6.42 Å². The maximum absolute atomic E-state index is 11.4. The van der Waals surface area contributed by atoms with Crippen molar-refractivity contribution in [3.05, 3.63) is 0 Å². The molecule has 0 aromatic carbocycles. The van der Waals surface area contributed by atoms with Gasteiger partial charge in [-0.3, -0.25) is 4.79 Å². The third-order valence-electron chi connectivity index (χ3n) is 1.86. The highest BCUT2D eigenvalue weighted by molar-refractivity contribution is 7.92. The largest absolute Gasteiger partial charge is 0.377 e. The second-order valence-electron chi connectivity index (χ2n) is 3.00. The highest BCUT2D eigenvalue weighted by atomic mass is 32.2. The molecule has 0 fully saturated rings. The van der Waals surface area contributed by atoms with E-state index in [-0.39, 0.29) is 12.4 Å². The summed E-state index contributed by atoms with van der Waals surface area (Å²) >= 11 is 0. The molecule has 0 aliphatic heterocycles. The molecule has 5 heteroatoms. The zero-order chi connectivity index (χ0) is 10.5. The molecule has 4 nitrogen and oxygen atoms in total. The molecule has 0 aromatic heterocycles. The van der Waals surface area contributed by atoms with Gasteiger partial charge in [0.05, 0.1) is 5.25 Å². The van der Waals surface area contributed by atoms with E-state index in [2.05, 4.69) is 4.74 Å². The van der Waals surface area contributed by atoms with Crippen LogP contribution >= 0.6 is 0 Å². The molecule has 1 atom stereocenters. The SMILES string of the molecule is CCC(C)S(=O)(=O)CC(=O)COC. The van der Waals surface area contributed by atoms with E-state index < -0.39 is 20.8 Å². The van der Waals surface area contributed by atoms with Gasteiger partial charge in [-0.2, -0.15) is 0 Å². The second-order valence-corrected chi connectivity index (χ2v) is 5.42. The van der Waals surface area contributed by atoms with Crippen LogP contribution in [0.15, 0.2) is 0 Å². The van der Waals surface area contributed by atoms with E-state index in [9.17, 15) is 13.2 Å². The van der Waals surface area contributed by atoms with Gasteiger partial charge in [0, 0.05) is 7.11 Å². The Morgan fingerprint density at radius 2 is 2.00 bits per heavy atom. The molecule has 0 aliphatic carbocycles. The van der Waals surface area contributed by atoms with Gasteiger partial charge in [-0.25, -0.2) is 8.42 Å². The van der Waals surface area contributed by atoms with Crippen molar-refractivity contribution in [1.29, 1.82) is 0 Å². The maximum Gasteiger partial charge on any atom is 0.173 e. The first-order chi connectivity index (χ1) is 5.94. The predicted octanol–water partition coefficient (Wildman–Crippen LogP) is 0.415. The van der Waals surface area contributed by atoms with Gasteiger partial charge in [0.15, 0.2) is 15.6 Å². The van der Waals surface area contributed by atoms with E-state index >= 15 is 0 Å². The standard InChI is InChI=1S/C8H16O4S/c1-4-7(2)13(10,11)6-8(9)5-12-3/h7H,4-6H2,1-3H3. The average Bonchev–Trinajstić information content (AvgIpc) is 2.02. The van der Waals surface area contributed by atoms with Gasteiger partial charge < -0.3 is 4.74 Å². The van der Waals surface area contributed by atoms with Crippen molar-refractivity contribution in [3.63, 3.8) is 0 Å². The molecular weight excluding hydrogens is 192 g/mol. The fourth-order valence-corrected chi connectivity index (χ4v) is 2.15. The summed E-state index contributed by atoms with van der Waals surface area (Å²) in [5.74, 6) is -0.793. The van der Waals surface area contributed by atoms with Crippen LogP contribution in [0.2, 0.25) is 0 Å². The Labute approximate surface area is 79.2 Å². The number of Topliss-reactive ketones (excluding diaryl/α,β-unsaturated/α-hetero) is 1. The Morgan fingerprint density at radius 1 is 1.46 bits per heavy atom. The van der Waals surface area contributed by atoms with E-state index in [1.54, 1.807) is 13.8 Å². The number of hydrogen-bond acceptors (Lipinski definition) is 4. The molecule has 0 saturated heterocycles. The van der Waals surface area contributed by atoms with Crippen molar-refractivity contribution >= 4 is 15.6 Å². The van der Waals surface area contributed by atoms with Crippen LogP contribution < -0.4 is 0 Å². The Bertz CT molecular complexity index is 255. The van der Waals surface area contributed by atoms with E-state index in [1.807, 2.05) is 0 Å². The fraction of sp³-hybridized carbons (Fsp3) is 0.875. The molecule has 0 N–H and O–H groups in total. The lowest BCUT2D eigenvalue weighted by Gasteiger charge is -2.08. The molecule has 0 radical (unpaired) electrons. The molecule has 0 aliphatic rings. The molecular formula is C8H16O4S. The number of ketones is 1. The zero-order valence-corrected chi connectivity index (χ0v) is 9.06. The van der Waals surface area contributed by atoms with Gasteiger partial charge in [-0.15, -0.1) is 0 Å². The number of rotatable bonds is 6. The minimum Gasteiger partial charge on any atom is -0.377 e. The highest BCUT2D eigenvalue weighted by Gasteiger charge is 2.22. The minimum atomic E-state index is -3.26. The summed E-state index contributed by atoms with van der Waals surface area (Å²) in [5.41, 5.74) is 0. The number of carbonyl (C=O) groups excluding carboxylic acids is 1. The van der Waals surface area contributed by atoms with Gasteiger partial charge >= 0.3 is 0 Å². The Hall–Kier alpha value is -0.420.